The molecule has 3 N–H and O–H groups in total. The maximum atomic E-state index is 12.0. The Balaban J connectivity index is 1.95. The number of aromatic nitrogens is 1. The summed E-state index contributed by atoms with van der Waals surface area (Å²) in [4.78, 5) is 16.4. The van der Waals surface area contributed by atoms with Crippen molar-refractivity contribution in [1.82, 2.24) is 10.3 Å². The van der Waals surface area contributed by atoms with Crippen LogP contribution in [0, 0.1) is 16.7 Å². The number of thiocarbonyl (C=S) groups is 1. The molecule has 0 aromatic carbocycles. The Morgan fingerprint density at radius 2 is 1.95 bits per heavy atom. The van der Waals surface area contributed by atoms with Gasteiger partial charge in [-0.25, -0.2) is 0 Å². The van der Waals surface area contributed by atoms with E-state index >= 15 is 0 Å². The Labute approximate surface area is 125 Å². The van der Waals surface area contributed by atoms with E-state index in [4.69, 9.17) is 18.0 Å². The van der Waals surface area contributed by atoms with Gasteiger partial charge in [-0.1, -0.05) is 39.9 Å². The normalized spacial score (nSPS) is 19.4. The monoisotopic (exact) mass is 291 g/mol. The Hall–Kier alpha value is -1.49. The summed E-state index contributed by atoms with van der Waals surface area (Å²) in [6, 6.07) is 3.36. The number of pyridine rings is 1. The van der Waals surface area contributed by atoms with Crippen LogP contribution >= 0.6 is 12.2 Å². The summed E-state index contributed by atoms with van der Waals surface area (Å²) in [7, 11) is 0. The highest BCUT2D eigenvalue weighted by atomic mass is 32.1. The molecule has 1 heterocycles. The Morgan fingerprint density at radius 3 is 2.35 bits per heavy atom. The molecule has 1 aromatic heterocycles. The van der Waals surface area contributed by atoms with Gasteiger partial charge < -0.3 is 11.1 Å². The van der Waals surface area contributed by atoms with Crippen LogP contribution in [0.4, 0.5) is 0 Å². The van der Waals surface area contributed by atoms with Crippen LogP contribution in [0.3, 0.4) is 0 Å². The van der Waals surface area contributed by atoms with Gasteiger partial charge in [0, 0.05) is 18.3 Å². The quantitative estimate of drug-likeness (QED) is 0.834. The van der Waals surface area contributed by atoms with E-state index in [0.29, 0.717) is 23.7 Å². The molecule has 1 aliphatic carbocycles. The number of carbonyl (C=O) groups excluding carboxylic acids is 1. The number of nitrogens with zero attached hydrogens (tertiary/aromatic N) is 1. The van der Waals surface area contributed by atoms with Crippen LogP contribution in [0.5, 0.6) is 0 Å². The molecule has 0 bridgehead atoms. The van der Waals surface area contributed by atoms with E-state index in [-0.39, 0.29) is 21.7 Å². The van der Waals surface area contributed by atoms with Crippen LogP contribution in [0.25, 0.3) is 0 Å². The van der Waals surface area contributed by atoms with Gasteiger partial charge in [0.15, 0.2) is 0 Å². The fourth-order valence-electron chi connectivity index (χ4n) is 2.80. The molecule has 0 radical (unpaired) electrons. The molecule has 1 fully saturated rings. The van der Waals surface area contributed by atoms with Gasteiger partial charge in [0.25, 0.3) is 5.91 Å². The molecule has 0 aliphatic heterocycles. The molecule has 20 heavy (non-hydrogen) atoms. The fourth-order valence-corrected chi connectivity index (χ4v) is 2.92. The molecule has 5 heteroatoms. The first kappa shape index (κ1) is 14.9. The van der Waals surface area contributed by atoms with E-state index in [2.05, 4.69) is 38.0 Å². The van der Waals surface area contributed by atoms with Gasteiger partial charge in [0.2, 0.25) is 0 Å². The summed E-state index contributed by atoms with van der Waals surface area (Å²) in [6.07, 6.45) is 1.53. The minimum atomic E-state index is -0.155. The number of rotatable bonds is 4. The van der Waals surface area contributed by atoms with Gasteiger partial charge in [-0.2, -0.15) is 0 Å². The van der Waals surface area contributed by atoms with Crippen molar-refractivity contribution >= 4 is 23.1 Å². The van der Waals surface area contributed by atoms with E-state index in [1.807, 2.05) is 0 Å². The standard InChI is InChI=1S/C15H21N3OS/c1-14(2)11(15(14,3)4)8-18-13(19)10-6-5-9(7-17-10)12(16)20/h5-7,11H,8H2,1-4H3,(H2,16,20)(H,18,19). The van der Waals surface area contributed by atoms with E-state index in [1.54, 1.807) is 12.1 Å². The molecule has 0 unspecified atom stereocenters. The van der Waals surface area contributed by atoms with Crippen molar-refractivity contribution < 1.29 is 4.79 Å². The summed E-state index contributed by atoms with van der Waals surface area (Å²) < 4.78 is 0. The van der Waals surface area contributed by atoms with E-state index in [0.717, 1.165) is 0 Å². The lowest BCUT2D eigenvalue weighted by Crippen LogP contribution is -2.28. The lowest BCUT2D eigenvalue weighted by atomic mass is 10.0. The Kier molecular flexibility index (Phi) is 3.58. The van der Waals surface area contributed by atoms with Crippen LogP contribution in [-0.4, -0.2) is 22.4 Å². The molecule has 4 nitrogen and oxygen atoms in total. The Morgan fingerprint density at radius 1 is 1.35 bits per heavy atom. The van der Waals surface area contributed by atoms with Crippen molar-refractivity contribution in [1.29, 1.82) is 0 Å². The highest BCUT2D eigenvalue weighted by molar-refractivity contribution is 7.80. The van der Waals surface area contributed by atoms with Crippen LogP contribution in [-0.2, 0) is 0 Å². The van der Waals surface area contributed by atoms with Crippen molar-refractivity contribution in [2.75, 3.05) is 6.54 Å². The fraction of sp³-hybridized carbons (Fsp3) is 0.533. The second-order valence-electron chi connectivity index (χ2n) is 6.50. The highest BCUT2D eigenvalue weighted by Gasteiger charge is 2.64. The van der Waals surface area contributed by atoms with Gasteiger partial charge in [-0.15, -0.1) is 0 Å². The maximum Gasteiger partial charge on any atom is 0.269 e. The molecule has 0 atom stereocenters. The van der Waals surface area contributed by atoms with Crippen LogP contribution in [0.15, 0.2) is 18.3 Å². The van der Waals surface area contributed by atoms with E-state index in [1.165, 1.54) is 6.20 Å². The van der Waals surface area contributed by atoms with Crippen LogP contribution < -0.4 is 11.1 Å². The van der Waals surface area contributed by atoms with Gasteiger partial charge in [0.1, 0.15) is 10.7 Å². The number of nitrogens with one attached hydrogen (secondary N) is 1. The predicted octanol–water partition coefficient (Wildman–Crippen LogP) is 2.13. The summed E-state index contributed by atoms with van der Waals surface area (Å²) in [5.41, 5.74) is 7.09. The average molecular weight is 291 g/mol. The first-order valence-corrected chi connectivity index (χ1v) is 7.13. The zero-order valence-corrected chi connectivity index (χ0v) is 13.2. The molecule has 1 aromatic rings. The number of hydrogen-bond acceptors (Lipinski definition) is 3. The molecule has 0 saturated heterocycles. The first-order chi connectivity index (χ1) is 9.18. The molecular weight excluding hydrogens is 270 g/mol. The molecule has 1 amide bonds. The lowest BCUT2D eigenvalue weighted by molar-refractivity contribution is 0.0945. The summed E-state index contributed by atoms with van der Waals surface area (Å²) in [6.45, 7) is 9.62. The number of carbonyl (C=O) groups is 1. The van der Waals surface area contributed by atoms with Crippen molar-refractivity contribution in [2.24, 2.45) is 22.5 Å². The summed E-state index contributed by atoms with van der Waals surface area (Å²) in [5.74, 6) is 0.341. The number of amides is 1. The smallest absolute Gasteiger partial charge is 0.269 e. The lowest BCUT2D eigenvalue weighted by Gasteiger charge is -2.06. The minimum absolute atomic E-state index is 0.155. The van der Waals surface area contributed by atoms with Gasteiger partial charge >= 0.3 is 0 Å². The maximum absolute atomic E-state index is 12.0. The average Bonchev–Trinajstić information content (AvgIpc) is 2.77. The van der Waals surface area contributed by atoms with E-state index < -0.39 is 0 Å². The van der Waals surface area contributed by atoms with E-state index in [9.17, 15) is 4.79 Å². The largest absolute Gasteiger partial charge is 0.389 e. The van der Waals surface area contributed by atoms with Crippen LogP contribution in [0.2, 0.25) is 0 Å². The third-order valence-electron chi connectivity index (χ3n) is 5.07. The van der Waals surface area contributed by atoms with Gasteiger partial charge in [0.05, 0.1) is 0 Å². The highest BCUT2D eigenvalue weighted by Crippen LogP contribution is 2.67. The van der Waals surface area contributed by atoms with Crippen molar-refractivity contribution in [3.8, 4) is 0 Å². The molecular formula is C15H21N3OS. The summed E-state index contributed by atoms with van der Waals surface area (Å²) in [5, 5.41) is 2.96. The zero-order chi connectivity index (χ0) is 15.1. The van der Waals surface area contributed by atoms with Crippen molar-refractivity contribution in [3.05, 3.63) is 29.6 Å². The summed E-state index contributed by atoms with van der Waals surface area (Å²) >= 11 is 4.85. The predicted molar refractivity (Wildman–Crippen MR) is 83.5 cm³/mol. The molecule has 1 saturated carbocycles. The molecule has 2 rings (SSSR count). The molecule has 1 aliphatic rings. The number of hydrogen-bond donors (Lipinski definition) is 2. The second-order valence-corrected chi connectivity index (χ2v) is 6.94. The van der Waals surface area contributed by atoms with Gasteiger partial charge in [-0.3, -0.25) is 9.78 Å². The van der Waals surface area contributed by atoms with Crippen LogP contribution in [0.1, 0.15) is 43.7 Å². The molecule has 0 spiro atoms. The minimum Gasteiger partial charge on any atom is -0.389 e. The zero-order valence-electron chi connectivity index (χ0n) is 12.4. The van der Waals surface area contributed by atoms with Gasteiger partial charge in [-0.05, 0) is 28.9 Å². The number of nitrogens with two attached hydrogens (primary N) is 1. The Bertz CT molecular complexity index is 535. The first-order valence-electron chi connectivity index (χ1n) is 6.72. The molecule has 108 valence electrons. The topological polar surface area (TPSA) is 68.0 Å². The SMILES string of the molecule is CC1(C)C(CNC(=O)c2ccc(C(N)=S)cn2)C1(C)C. The van der Waals surface area contributed by atoms with Crippen molar-refractivity contribution in [2.45, 2.75) is 27.7 Å². The third kappa shape index (κ3) is 2.42. The third-order valence-corrected chi connectivity index (χ3v) is 5.30. The second kappa shape index (κ2) is 4.81. The van der Waals surface area contributed by atoms with Crippen molar-refractivity contribution in [3.63, 3.8) is 0 Å².